The third kappa shape index (κ3) is 4.17. The minimum Gasteiger partial charge on any atom is -0.480 e. The maximum atomic E-state index is 11.8. The molecule has 20 heavy (non-hydrogen) atoms. The van der Waals surface area contributed by atoms with Gasteiger partial charge in [0.15, 0.2) is 9.84 Å². The second-order valence-corrected chi connectivity index (χ2v) is 7.98. The van der Waals surface area contributed by atoms with Crippen molar-refractivity contribution in [3.63, 3.8) is 0 Å². The molecular formula is C12H22N2O5S. The van der Waals surface area contributed by atoms with E-state index in [0.717, 1.165) is 0 Å². The minimum atomic E-state index is -3.09. The van der Waals surface area contributed by atoms with Gasteiger partial charge in [-0.1, -0.05) is 6.92 Å². The van der Waals surface area contributed by atoms with Crippen molar-refractivity contribution in [1.29, 1.82) is 0 Å². The van der Waals surface area contributed by atoms with Crippen LogP contribution in [0.25, 0.3) is 0 Å². The Morgan fingerprint density at radius 1 is 1.40 bits per heavy atom. The number of aliphatic carboxylic acids is 1. The highest BCUT2D eigenvalue weighted by atomic mass is 32.2. The molecule has 8 heteroatoms. The van der Waals surface area contributed by atoms with Gasteiger partial charge < -0.3 is 10.4 Å². The van der Waals surface area contributed by atoms with Crippen LogP contribution in [0.1, 0.15) is 33.6 Å². The first-order valence-electron chi connectivity index (χ1n) is 6.52. The maximum Gasteiger partial charge on any atom is 0.323 e. The fourth-order valence-electron chi connectivity index (χ4n) is 2.12. The molecule has 1 fully saturated rings. The molecule has 2 unspecified atom stereocenters. The monoisotopic (exact) mass is 306 g/mol. The van der Waals surface area contributed by atoms with E-state index in [1.807, 2.05) is 0 Å². The van der Waals surface area contributed by atoms with Crippen LogP contribution in [-0.4, -0.2) is 54.5 Å². The number of carboxylic acid groups (broad SMARTS) is 1. The number of nitrogens with one attached hydrogen (secondary N) is 2. The summed E-state index contributed by atoms with van der Waals surface area (Å²) < 4.78 is 22.9. The molecule has 0 saturated carbocycles. The predicted octanol–water partition coefficient (Wildman–Crippen LogP) is -0.477. The number of sulfone groups is 1. The summed E-state index contributed by atoms with van der Waals surface area (Å²) in [6.07, 6.45) is 0.715. The third-order valence-corrected chi connectivity index (χ3v) is 5.67. The molecule has 0 spiro atoms. The molecule has 7 nitrogen and oxygen atoms in total. The number of hydrogen-bond acceptors (Lipinski definition) is 5. The third-order valence-electron chi connectivity index (χ3n) is 3.76. The van der Waals surface area contributed by atoms with E-state index in [2.05, 4.69) is 10.6 Å². The number of carbonyl (C=O) groups is 2. The van der Waals surface area contributed by atoms with Crippen molar-refractivity contribution in [3.8, 4) is 0 Å². The van der Waals surface area contributed by atoms with E-state index < -0.39 is 32.8 Å². The van der Waals surface area contributed by atoms with Crippen LogP contribution in [0.2, 0.25) is 0 Å². The molecule has 1 heterocycles. The summed E-state index contributed by atoms with van der Waals surface area (Å²) in [4.78, 5) is 22.9. The highest BCUT2D eigenvalue weighted by Crippen LogP contribution is 2.22. The number of carboxylic acids is 1. The van der Waals surface area contributed by atoms with Crippen molar-refractivity contribution < 1.29 is 23.1 Å². The summed E-state index contributed by atoms with van der Waals surface area (Å²) in [5, 5.41) is 14.4. The number of amides is 1. The van der Waals surface area contributed by atoms with Crippen LogP contribution >= 0.6 is 0 Å². The largest absolute Gasteiger partial charge is 0.480 e. The van der Waals surface area contributed by atoms with Crippen LogP contribution < -0.4 is 10.6 Å². The van der Waals surface area contributed by atoms with Gasteiger partial charge in [-0.2, -0.15) is 0 Å². The van der Waals surface area contributed by atoms with Crippen LogP contribution in [0.5, 0.6) is 0 Å². The first-order chi connectivity index (χ1) is 9.02. The van der Waals surface area contributed by atoms with Gasteiger partial charge in [-0.3, -0.25) is 14.9 Å². The van der Waals surface area contributed by atoms with Crippen LogP contribution in [-0.2, 0) is 19.4 Å². The Kier molecular flexibility index (Phi) is 4.81. The number of hydrogen-bond donors (Lipinski definition) is 3. The van der Waals surface area contributed by atoms with Crippen molar-refractivity contribution in [3.05, 3.63) is 0 Å². The quantitative estimate of drug-likeness (QED) is 0.611. The van der Waals surface area contributed by atoms with E-state index in [1.165, 1.54) is 6.92 Å². The van der Waals surface area contributed by atoms with Gasteiger partial charge in [-0.25, -0.2) is 8.42 Å². The van der Waals surface area contributed by atoms with Gasteiger partial charge in [0.05, 0.1) is 23.6 Å². The van der Waals surface area contributed by atoms with Gasteiger partial charge in [0, 0.05) is 0 Å². The molecule has 0 aromatic carbocycles. The van der Waals surface area contributed by atoms with E-state index >= 15 is 0 Å². The zero-order chi connectivity index (χ0) is 15.6. The van der Waals surface area contributed by atoms with Crippen molar-refractivity contribution in [2.75, 3.05) is 18.1 Å². The molecule has 1 saturated heterocycles. The Morgan fingerprint density at radius 3 is 2.40 bits per heavy atom. The summed E-state index contributed by atoms with van der Waals surface area (Å²) in [6.45, 7) is 4.74. The summed E-state index contributed by atoms with van der Waals surface area (Å²) >= 11 is 0. The molecule has 1 aliphatic heterocycles. The van der Waals surface area contributed by atoms with E-state index in [4.69, 9.17) is 5.11 Å². The number of rotatable bonds is 6. The molecule has 0 bridgehead atoms. The van der Waals surface area contributed by atoms with Crippen molar-refractivity contribution in [1.82, 2.24) is 10.6 Å². The van der Waals surface area contributed by atoms with E-state index in [-0.39, 0.29) is 18.1 Å². The average Bonchev–Trinajstić information content (AvgIpc) is 2.60. The first-order valence-corrected chi connectivity index (χ1v) is 8.34. The lowest BCUT2D eigenvalue weighted by Gasteiger charge is -2.27. The van der Waals surface area contributed by atoms with Crippen LogP contribution in [0, 0.1) is 0 Å². The van der Waals surface area contributed by atoms with E-state index in [9.17, 15) is 18.0 Å². The van der Waals surface area contributed by atoms with Crippen molar-refractivity contribution in [2.24, 2.45) is 0 Å². The zero-order valence-corrected chi connectivity index (χ0v) is 12.8. The Labute approximate surface area is 119 Å². The Hall–Kier alpha value is -1.15. The topological polar surface area (TPSA) is 113 Å². The normalized spacial score (nSPS) is 27.8. The molecule has 2 atom stereocenters. The molecule has 0 aromatic heterocycles. The van der Waals surface area contributed by atoms with Crippen molar-refractivity contribution >= 4 is 21.7 Å². The van der Waals surface area contributed by atoms with Crippen LogP contribution in [0.4, 0.5) is 0 Å². The summed E-state index contributed by atoms with van der Waals surface area (Å²) in [5.41, 5.74) is -1.93. The lowest BCUT2D eigenvalue weighted by atomic mass is 9.99. The second-order valence-electron chi connectivity index (χ2n) is 5.80. The first kappa shape index (κ1) is 16.9. The lowest BCUT2D eigenvalue weighted by Crippen LogP contribution is -2.55. The molecular weight excluding hydrogens is 284 g/mol. The minimum absolute atomic E-state index is 0.0685. The molecule has 1 aliphatic rings. The molecule has 0 radical (unpaired) electrons. The van der Waals surface area contributed by atoms with E-state index in [1.54, 1.807) is 13.8 Å². The Bertz CT molecular complexity index is 504. The van der Waals surface area contributed by atoms with Gasteiger partial charge in [0.2, 0.25) is 5.91 Å². The fourth-order valence-corrected chi connectivity index (χ4v) is 4.21. The predicted molar refractivity (Wildman–Crippen MR) is 74.2 cm³/mol. The SMILES string of the molecule is CCC(C)(NCC(=O)NC1(C)CCS(=O)(=O)C1)C(=O)O. The smallest absolute Gasteiger partial charge is 0.323 e. The summed E-state index contributed by atoms with van der Waals surface area (Å²) in [6, 6.07) is 0. The Balaban J connectivity index is 2.55. The van der Waals surface area contributed by atoms with Crippen LogP contribution in [0.3, 0.4) is 0 Å². The maximum absolute atomic E-state index is 11.8. The second kappa shape index (κ2) is 5.69. The standard InChI is InChI=1S/C12H22N2O5S/c1-4-12(3,10(16)17)13-7-9(15)14-11(2)5-6-20(18,19)8-11/h13H,4-8H2,1-3H3,(H,14,15)(H,16,17). The Morgan fingerprint density at radius 2 is 2.00 bits per heavy atom. The summed E-state index contributed by atoms with van der Waals surface area (Å²) in [7, 11) is -3.09. The fraction of sp³-hybridized carbons (Fsp3) is 0.833. The van der Waals surface area contributed by atoms with Gasteiger partial charge in [-0.05, 0) is 26.7 Å². The highest BCUT2D eigenvalue weighted by molar-refractivity contribution is 7.91. The molecule has 1 rings (SSSR count). The summed E-state index contributed by atoms with van der Waals surface area (Å²) in [5.74, 6) is -1.43. The number of carbonyl (C=O) groups excluding carboxylic acids is 1. The lowest BCUT2D eigenvalue weighted by molar-refractivity contribution is -0.144. The van der Waals surface area contributed by atoms with Crippen LogP contribution in [0.15, 0.2) is 0 Å². The van der Waals surface area contributed by atoms with Crippen molar-refractivity contribution in [2.45, 2.75) is 44.7 Å². The molecule has 116 valence electrons. The van der Waals surface area contributed by atoms with Gasteiger partial charge >= 0.3 is 5.97 Å². The average molecular weight is 306 g/mol. The van der Waals surface area contributed by atoms with Gasteiger partial charge in [-0.15, -0.1) is 0 Å². The van der Waals surface area contributed by atoms with E-state index in [0.29, 0.717) is 12.8 Å². The molecule has 1 amide bonds. The highest BCUT2D eigenvalue weighted by Gasteiger charge is 2.39. The van der Waals surface area contributed by atoms with Gasteiger partial charge in [0.1, 0.15) is 5.54 Å². The molecule has 0 aromatic rings. The molecule has 0 aliphatic carbocycles. The molecule has 3 N–H and O–H groups in total. The zero-order valence-electron chi connectivity index (χ0n) is 12.0. The van der Waals surface area contributed by atoms with Gasteiger partial charge in [0.25, 0.3) is 0 Å².